The van der Waals surface area contributed by atoms with E-state index in [9.17, 15) is 18.4 Å². The molecule has 0 bridgehead atoms. The maximum atomic E-state index is 12.3. The fraction of sp³-hybridized carbons (Fsp3) is 0.263. The van der Waals surface area contributed by atoms with Gasteiger partial charge in [0.25, 0.3) is 5.91 Å². The second-order valence-corrected chi connectivity index (χ2v) is 5.70. The first-order chi connectivity index (χ1) is 12.8. The van der Waals surface area contributed by atoms with Crippen molar-refractivity contribution in [1.29, 1.82) is 0 Å². The molecule has 144 valence electrons. The predicted octanol–water partition coefficient (Wildman–Crippen LogP) is 3.47. The number of hydrogen-bond acceptors (Lipinski definition) is 5. The maximum absolute atomic E-state index is 12.3. The Morgan fingerprint density at radius 1 is 1.04 bits per heavy atom. The molecule has 0 unspecified atom stereocenters. The number of para-hydroxylation sites is 2. The summed E-state index contributed by atoms with van der Waals surface area (Å²) >= 11 is 0. The third-order valence-corrected chi connectivity index (χ3v) is 3.29. The second-order valence-electron chi connectivity index (χ2n) is 5.70. The van der Waals surface area contributed by atoms with Crippen molar-refractivity contribution in [2.45, 2.75) is 20.5 Å². The van der Waals surface area contributed by atoms with Crippen LogP contribution in [-0.2, 0) is 14.3 Å². The Hall–Kier alpha value is -3.16. The van der Waals surface area contributed by atoms with Crippen molar-refractivity contribution in [1.82, 2.24) is 0 Å². The van der Waals surface area contributed by atoms with Crippen LogP contribution in [0.25, 0.3) is 0 Å². The van der Waals surface area contributed by atoms with E-state index in [1.807, 2.05) is 19.9 Å². The van der Waals surface area contributed by atoms with Gasteiger partial charge in [0, 0.05) is 0 Å². The van der Waals surface area contributed by atoms with E-state index in [-0.39, 0.29) is 18.0 Å². The molecule has 0 aliphatic carbocycles. The number of hydrogen-bond donors (Lipinski definition) is 1. The summed E-state index contributed by atoms with van der Waals surface area (Å²) in [5.74, 6) is -1.10. The molecule has 0 spiro atoms. The summed E-state index contributed by atoms with van der Waals surface area (Å²) < 4.78 is 39.1. The van der Waals surface area contributed by atoms with Gasteiger partial charge < -0.3 is 19.5 Å². The van der Waals surface area contributed by atoms with Crippen LogP contribution in [0.4, 0.5) is 14.5 Å². The number of nitrogens with one attached hydrogen (secondary N) is 1. The van der Waals surface area contributed by atoms with Crippen LogP contribution >= 0.6 is 0 Å². The van der Waals surface area contributed by atoms with Crippen molar-refractivity contribution in [3.05, 3.63) is 53.6 Å². The fourth-order valence-corrected chi connectivity index (χ4v) is 2.30. The van der Waals surface area contributed by atoms with Crippen LogP contribution in [0.1, 0.15) is 11.1 Å². The molecule has 2 aromatic carbocycles. The van der Waals surface area contributed by atoms with Gasteiger partial charge in [-0.25, -0.2) is 4.79 Å². The predicted molar refractivity (Wildman–Crippen MR) is 94.1 cm³/mol. The van der Waals surface area contributed by atoms with Crippen molar-refractivity contribution < 1.29 is 32.6 Å². The molecule has 8 heteroatoms. The molecule has 2 rings (SSSR count). The van der Waals surface area contributed by atoms with Crippen LogP contribution in [-0.4, -0.2) is 31.7 Å². The van der Waals surface area contributed by atoms with Crippen molar-refractivity contribution in [3.63, 3.8) is 0 Å². The first-order valence-corrected chi connectivity index (χ1v) is 8.04. The number of benzene rings is 2. The van der Waals surface area contributed by atoms with E-state index in [1.54, 1.807) is 12.1 Å². The SMILES string of the molecule is Cc1cc(C)cc(OCC(=O)OCC(=O)Nc2ccccc2OC(F)F)c1. The van der Waals surface area contributed by atoms with Gasteiger partial charge in [-0.1, -0.05) is 18.2 Å². The normalized spacial score (nSPS) is 10.4. The largest absolute Gasteiger partial charge is 0.482 e. The average Bonchev–Trinajstić information content (AvgIpc) is 2.58. The number of carbonyl (C=O) groups is 2. The molecule has 0 fully saturated rings. The van der Waals surface area contributed by atoms with Gasteiger partial charge in [0.05, 0.1) is 5.69 Å². The minimum absolute atomic E-state index is 0.0466. The van der Waals surface area contributed by atoms with Crippen LogP contribution in [0.5, 0.6) is 11.5 Å². The van der Waals surface area contributed by atoms with Gasteiger partial charge in [0.1, 0.15) is 11.5 Å². The maximum Gasteiger partial charge on any atom is 0.387 e. The van der Waals surface area contributed by atoms with Crippen LogP contribution in [0, 0.1) is 13.8 Å². The number of amides is 1. The van der Waals surface area contributed by atoms with Crippen molar-refractivity contribution in [2.75, 3.05) is 18.5 Å². The summed E-state index contributed by atoms with van der Waals surface area (Å²) in [4.78, 5) is 23.6. The minimum Gasteiger partial charge on any atom is -0.482 e. The zero-order chi connectivity index (χ0) is 19.8. The number of carbonyl (C=O) groups excluding carboxylic acids is 2. The standard InChI is InChI=1S/C19H19F2NO5/c1-12-7-13(2)9-14(8-12)25-11-18(24)26-10-17(23)22-15-5-3-4-6-16(15)27-19(20)21/h3-9,19H,10-11H2,1-2H3,(H,22,23). The summed E-state index contributed by atoms with van der Waals surface area (Å²) in [6.45, 7) is -0.168. The van der Waals surface area contributed by atoms with Crippen LogP contribution in [0.2, 0.25) is 0 Å². The summed E-state index contributed by atoms with van der Waals surface area (Å²) in [6.07, 6.45) is 0. The quantitative estimate of drug-likeness (QED) is 0.711. The van der Waals surface area contributed by atoms with Crippen molar-refractivity contribution in [2.24, 2.45) is 0 Å². The highest BCUT2D eigenvalue weighted by molar-refractivity contribution is 5.94. The number of esters is 1. The molecular weight excluding hydrogens is 360 g/mol. The fourth-order valence-electron chi connectivity index (χ4n) is 2.30. The Morgan fingerprint density at radius 2 is 1.70 bits per heavy atom. The molecule has 0 aliphatic heterocycles. The van der Waals surface area contributed by atoms with E-state index in [2.05, 4.69) is 10.1 Å². The Morgan fingerprint density at radius 3 is 2.37 bits per heavy atom. The Bertz CT molecular complexity index is 790. The number of alkyl halides is 2. The number of halogens is 2. The molecule has 0 aliphatic rings. The monoisotopic (exact) mass is 379 g/mol. The van der Waals surface area contributed by atoms with Gasteiger partial charge in [-0.2, -0.15) is 8.78 Å². The van der Waals surface area contributed by atoms with Gasteiger partial charge in [-0.05, 0) is 49.2 Å². The lowest BCUT2D eigenvalue weighted by atomic mass is 10.1. The number of anilines is 1. The van der Waals surface area contributed by atoms with E-state index in [0.717, 1.165) is 11.1 Å². The van der Waals surface area contributed by atoms with Gasteiger partial charge in [0.15, 0.2) is 13.2 Å². The lowest BCUT2D eigenvalue weighted by Gasteiger charge is -2.12. The average molecular weight is 379 g/mol. The third-order valence-electron chi connectivity index (χ3n) is 3.29. The minimum atomic E-state index is -3.02. The molecule has 0 saturated carbocycles. The molecule has 0 atom stereocenters. The van der Waals surface area contributed by atoms with Gasteiger partial charge in [-0.3, -0.25) is 4.79 Å². The van der Waals surface area contributed by atoms with E-state index >= 15 is 0 Å². The van der Waals surface area contributed by atoms with E-state index in [0.29, 0.717) is 5.75 Å². The number of aryl methyl sites for hydroxylation is 2. The topological polar surface area (TPSA) is 73.9 Å². The van der Waals surface area contributed by atoms with Gasteiger partial charge in [-0.15, -0.1) is 0 Å². The summed E-state index contributed by atoms with van der Waals surface area (Å²) in [5.41, 5.74) is 2.02. The lowest BCUT2D eigenvalue weighted by molar-refractivity contribution is -0.149. The third kappa shape index (κ3) is 6.93. The lowest BCUT2D eigenvalue weighted by Crippen LogP contribution is -2.24. The molecule has 0 heterocycles. The molecule has 0 aromatic heterocycles. The van der Waals surface area contributed by atoms with Crippen LogP contribution in [0.3, 0.4) is 0 Å². The van der Waals surface area contributed by atoms with Crippen LogP contribution < -0.4 is 14.8 Å². The molecule has 2 aromatic rings. The number of rotatable bonds is 8. The highest BCUT2D eigenvalue weighted by Gasteiger charge is 2.13. The molecule has 1 N–H and O–H groups in total. The number of ether oxygens (including phenoxy) is 3. The van der Waals surface area contributed by atoms with Crippen LogP contribution in [0.15, 0.2) is 42.5 Å². The smallest absolute Gasteiger partial charge is 0.387 e. The van der Waals surface area contributed by atoms with E-state index < -0.39 is 25.1 Å². The molecule has 27 heavy (non-hydrogen) atoms. The summed E-state index contributed by atoms with van der Waals surface area (Å²) in [5, 5.41) is 2.34. The van der Waals surface area contributed by atoms with Gasteiger partial charge >= 0.3 is 12.6 Å². The Balaban J connectivity index is 1.80. The van der Waals surface area contributed by atoms with E-state index in [1.165, 1.54) is 24.3 Å². The first kappa shape index (κ1) is 20.2. The Kier molecular flexibility index (Phi) is 7.10. The summed E-state index contributed by atoms with van der Waals surface area (Å²) in [6, 6.07) is 11.2. The van der Waals surface area contributed by atoms with Crippen molar-refractivity contribution in [3.8, 4) is 11.5 Å². The van der Waals surface area contributed by atoms with Crippen molar-refractivity contribution >= 4 is 17.6 Å². The molecule has 0 radical (unpaired) electrons. The van der Waals surface area contributed by atoms with E-state index in [4.69, 9.17) is 9.47 Å². The molecule has 6 nitrogen and oxygen atoms in total. The highest BCUT2D eigenvalue weighted by atomic mass is 19.3. The molecular formula is C19H19F2NO5. The zero-order valence-electron chi connectivity index (χ0n) is 14.8. The zero-order valence-corrected chi connectivity index (χ0v) is 14.8. The molecule has 1 amide bonds. The van der Waals surface area contributed by atoms with Gasteiger partial charge in [0.2, 0.25) is 0 Å². The summed E-state index contributed by atoms with van der Waals surface area (Å²) in [7, 11) is 0. The second kappa shape index (κ2) is 9.51. The highest BCUT2D eigenvalue weighted by Crippen LogP contribution is 2.25. The Labute approximate surface area is 155 Å². The first-order valence-electron chi connectivity index (χ1n) is 8.04. The molecule has 0 saturated heterocycles.